The molecule has 0 aliphatic carbocycles. The average molecular weight is 395 g/mol. The fraction of sp³-hybridized carbons (Fsp3) is 0.750. The van der Waals surface area contributed by atoms with E-state index in [9.17, 15) is 10.2 Å². The Balaban J connectivity index is 2.53. The van der Waals surface area contributed by atoms with Crippen LogP contribution in [-0.2, 0) is 6.42 Å². The fourth-order valence-corrected chi connectivity index (χ4v) is 3.90. The first-order valence-electron chi connectivity index (χ1n) is 10.9. The van der Waals surface area contributed by atoms with Gasteiger partial charge in [0, 0.05) is 11.1 Å². The van der Waals surface area contributed by atoms with Crippen LogP contribution < -0.4 is 9.47 Å². The highest BCUT2D eigenvalue weighted by Gasteiger charge is 2.23. The van der Waals surface area contributed by atoms with Crippen LogP contribution >= 0.6 is 0 Å². The van der Waals surface area contributed by atoms with Gasteiger partial charge in [0.2, 0.25) is 11.5 Å². The molecule has 162 valence electrons. The first kappa shape index (κ1) is 24.5. The van der Waals surface area contributed by atoms with E-state index in [1.165, 1.54) is 52.7 Å². The number of hydrogen-bond donors (Lipinski definition) is 2. The van der Waals surface area contributed by atoms with Gasteiger partial charge in [-0.15, -0.1) is 0 Å². The number of ether oxygens (including phenoxy) is 2. The quantitative estimate of drug-likeness (QED) is 0.369. The third-order valence-electron chi connectivity index (χ3n) is 5.90. The number of phenols is 2. The topological polar surface area (TPSA) is 58.9 Å². The second-order valence-corrected chi connectivity index (χ2v) is 8.87. The molecule has 0 radical (unpaired) electrons. The predicted octanol–water partition coefficient (Wildman–Crippen LogP) is 6.62. The zero-order valence-corrected chi connectivity index (χ0v) is 19.1. The van der Waals surface area contributed by atoms with E-state index < -0.39 is 0 Å². The minimum Gasteiger partial charge on any atom is -0.504 e. The second-order valence-electron chi connectivity index (χ2n) is 8.87. The van der Waals surface area contributed by atoms with E-state index in [-0.39, 0.29) is 23.0 Å². The molecule has 0 saturated heterocycles. The largest absolute Gasteiger partial charge is 0.504 e. The number of benzene rings is 1. The molecule has 4 heteroatoms. The van der Waals surface area contributed by atoms with Crippen molar-refractivity contribution in [2.45, 2.75) is 86.0 Å². The molecule has 0 aliphatic rings. The van der Waals surface area contributed by atoms with Crippen LogP contribution in [0.15, 0.2) is 0 Å². The molecule has 0 spiro atoms. The van der Waals surface area contributed by atoms with Crippen LogP contribution in [0.1, 0.15) is 83.8 Å². The molecular formula is C24H42O4. The summed E-state index contributed by atoms with van der Waals surface area (Å²) in [5, 5.41) is 20.9. The predicted molar refractivity (Wildman–Crippen MR) is 117 cm³/mol. The standard InChI is InChI=1S/C24H42O4/c1-16(2)10-8-11-17(3)12-9-13-18(4)14-15-20-19(5)21(25)23(27-6)24(28-7)22(20)26/h16-18,25-26H,8-15H2,1-7H3/t17-,18-/m1/s1. The summed E-state index contributed by atoms with van der Waals surface area (Å²) in [5.74, 6) is 2.74. The van der Waals surface area contributed by atoms with Gasteiger partial charge in [0.05, 0.1) is 14.2 Å². The zero-order valence-electron chi connectivity index (χ0n) is 19.1. The van der Waals surface area contributed by atoms with Gasteiger partial charge >= 0.3 is 0 Å². The van der Waals surface area contributed by atoms with Gasteiger partial charge in [0.1, 0.15) is 0 Å². The van der Waals surface area contributed by atoms with E-state index in [0.717, 1.165) is 30.2 Å². The zero-order chi connectivity index (χ0) is 21.3. The molecule has 2 N–H and O–H groups in total. The van der Waals surface area contributed by atoms with E-state index in [2.05, 4.69) is 27.7 Å². The Kier molecular flexibility index (Phi) is 10.6. The molecule has 1 rings (SSSR count). The number of methoxy groups -OCH3 is 2. The highest BCUT2D eigenvalue weighted by Crippen LogP contribution is 2.48. The van der Waals surface area contributed by atoms with Crippen LogP contribution in [0.25, 0.3) is 0 Å². The summed E-state index contributed by atoms with van der Waals surface area (Å²) in [7, 11) is 2.93. The molecule has 1 aromatic rings. The van der Waals surface area contributed by atoms with Gasteiger partial charge in [-0.1, -0.05) is 66.2 Å². The van der Waals surface area contributed by atoms with Gasteiger partial charge in [-0.25, -0.2) is 0 Å². The van der Waals surface area contributed by atoms with Gasteiger partial charge < -0.3 is 19.7 Å². The Bertz CT molecular complexity index is 595. The summed E-state index contributed by atoms with van der Waals surface area (Å²) in [6.07, 6.45) is 9.47. The van der Waals surface area contributed by atoms with Gasteiger partial charge in [0.15, 0.2) is 11.5 Å². The smallest absolute Gasteiger partial charge is 0.207 e. The van der Waals surface area contributed by atoms with E-state index in [0.29, 0.717) is 11.5 Å². The number of hydrogen-bond acceptors (Lipinski definition) is 4. The maximum Gasteiger partial charge on any atom is 0.207 e. The third kappa shape index (κ3) is 7.10. The first-order valence-corrected chi connectivity index (χ1v) is 10.9. The molecule has 4 nitrogen and oxygen atoms in total. The van der Waals surface area contributed by atoms with Crippen LogP contribution in [0.5, 0.6) is 23.0 Å². The maximum absolute atomic E-state index is 10.6. The molecule has 2 atom stereocenters. The molecule has 0 saturated carbocycles. The molecule has 1 aromatic carbocycles. The van der Waals surface area contributed by atoms with Crippen molar-refractivity contribution in [3.63, 3.8) is 0 Å². The lowest BCUT2D eigenvalue weighted by Gasteiger charge is -2.19. The Hall–Kier alpha value is -1.58. The monoisotopic (exact) mass is 394 g/mol. The van der Waals surface area contributed by atoms with Crippen molar-refractivity contribution in [2.75, 3.05) is 14.2 Å². The van der Waals surface area contributed by atoms with Crippen LogP contribution in [0.2, 0.25) is 0 Å². The van der Waals surface area contributed by atoms with Crippen molar-refractivity contribution in [1.82, 2.24) is 0 Å². The van der Waals surface area contributed by atoms with Gasteiger partial charge in [-0.2, -0.15) is 0 Å². The van der Waals surface area contributed by atoms with Crippen molar-refractivity contribution in [1.29, 1.82) is 0 Å². The highest BCUT2D eigenvalue weighted by molar-refractivity contribution is 5.65. The third-order valence-corrected chi connectivity index (χ3v) is 5.90. The summed E-state index contributed by atoms with van der Waals surface area (Å²) in [5.41, 5.74) is 1.42. The Morgan fingerprint density at radius 1 is 0.714 bits per heavy atom. The molecule has 0 amide bonds. The fourth-order valence-electron chi connectivity index (χ4n) is 3.90. The van der Waals surface area contributed by atoms with Crippen LogP contribution in [0, 0.1) is 24.7 Å². The summed E-state index contributed by atoms with van der Waals surface area (Å²) >= 11 is 0. The van der Waals surface area contributed by atoms with Crippen LogP contribution in [-0.4, -0.2) is 24.4 Å². The Morgan fingerprint density at radius 3 is 1.68 bits per heavy atom. The Labute approximate surface area is 172 Å². The van der Waals surface area contributed by atoms with Crippen LogP contribution in [0.3, 0.4) is 0 Å². The lowest BCUT2D eigenvalue weighted by atomic mass is 9.90. The van der Waals surface area contributed by atoms with Crippen molar-refractivity contribution in [2.24, 2.45) is 17.8 Å². The molecule has 0 fully saturated rings. The minimum atomic E-state index is 0.0509. The molecule has 0 aliphatic heterocycles. The molecule has 0 aromatic heterocycles. The number of aromatic hydroxyl groups is 2. The van der Waals surface area contributed by atoms with Crippen molar-refractivity contribution < 1.29 is 19.7 Å². The highest BCUT2D eigenvalue weighted by atomic mass is 16.5. The van der Waals surface area contributed by atoms with E-state index in [1.807, 2.05) is 6.92 Å². The maximum atomic E-state index is 10.6. The summed E-state index contributed by atoms with van der Waals surface area (Å²) in [4.78, 5) is 0. The van der Waals surface area contributed by atoms with E-state index in [1.54, 1.807) is 0 Å². The lowest BCUT2D eigenvalue weighted by molar-refractivity contribution is 0.313. The second kappa shape index (κ2) is 12.1. The van der Waals surface area contributed by atoms with Crippen LogP contribution in [0.4, 0.5) is 0 Å². The molecule has 28 heavy (non-hydrogen) atoms. The molecule has 0 unspecified atom stereocenters. The average Bonchev–Trinajstić information content (AvgIpc) is 2.64. The van der Waals surface area contributed by atoms with Crippen molar-refractivity contribution in [3.8, 4) is 23.0 Å². The Morgan fingerprint density at radius 2 is 1.18 bits per heavy atom. The summed E-state index contributed by atoms with van der Waals surface area (Å²) < 4.78 is 10.4. The van der Waals surface area contributed by atoms with E-state index in [4.69, 9.17) is 9.47 Å². The van der Waals surface area contributed by atoms with E-state index >= 15 is 0 Å². The SMILES string of the molecule is COc1c(O)c(C)c(CC[C@H](C)CCC[C@H](C)CCCC(C)C)c(O)c1OC. The van der Waals surface area contributed by atoms with Gasteiger partial charge in [-0.3, -0.25) is 0 Å². The van der Waals surface area contributed by atoms with Crippen molar-refractivity contribution in [3.05, 3.63) is 11.1 Å². The van der Waals surface area contributed by atoms with Gasteiger partial charge in [0.25, 0.3) is 0 Å². The molecular weight excluding hydrogens is 352 g/mol. The van der Waals surface area contributed by atoms with Crippen molar-refractivity contribution >= 4 is 0 Å². The number of rotatable bonds is 13. The normalized spacial score (nSPS) is 13.6. The summed E-state index contributed by atoms with van der Waals surface area (Å²) in [6, 6.07) is 0. The lowest BCUT2D eigenvalue weighted by Crippen LogP contribution is -2.03. The number of phenolic OH excluding ortho intramolecular Hbond substituents is 2. The summed E-state index contributed by atoms with van der Waals surface area (Å²) in [6.45, 7) is 11.1. The minimum absolute atomic E-state index is 0.0509. The molecule has 0 bridgehead atoms. The molecule has 0 heterocycles. The first-order chi connectivity index (χ1) is 13.2. The van der Waals surface area contributed by atoms with Gasteiger partial charge in [-0.05, 0) is 37.5 Å².